The van der Waals surface area contributed by atoms with Gasteiger partial charge in [0.1, 0.15) is 0 Å². The SMILES string of the molecule is CC(C)(C)c1ccc(N2B3c4cc5c(cc4-n4c6cc7c(cc6c6c8sc9ccccc9c8c(c3c64)-c3cc4sc6ccccc6c4cc32)C(C)(C)CCC7(C)C)-c2ccccc2C5(C)C)cc1. The third-order valence-electron chi connectivity index (χ3n) is 17.4. The zero-order valence-electron chi connectivity index (χ0n) is 40.4. The second-order valence-corrected chi connectivity index (χ2v) is 25.6. The van der Waals surface area contributed by atoms with Crippen LogP contribution in [0.15, 0.2) is 133 Å². The standard InChI is InChI=1S/C63H53BN2S2/c1-60(2,3)34-22-24-35(25-23-34)66-49-30-40-37-17-11-14-20-51(37)67-53(40)31-42(49)54-55-38-18-12-15-21-52(38)68-59(55)56-41-28-45-46(62(6,7)27-26-61(45,4)5)33-48(41)65-50-29-39-36-16-10-13-19-43(36)63(8,9)44(39)32-47(50)64(66)57(54)58(56)65/h10-25,28-33H,26-27H2,1-9H3. The highest BCUT2D eigenvalue weighted by Gasteiger charge is 2.48. The Bertz CT molecular complexity index is 4110. The molecule has 0 unspecified atom stereocenters. The van der Waals surface area contributed by atoms with Gasteiger partial charge in [-0.2, -0.15) is 0 Å². The van der Waals surface area contributed by atoms with Gasteiger partial charge in [-0.3, -0.25) is 0 Å². The quantitative estimate of drug-likeness (QED) is 0.149. The Morgan fingerprint density at radius 3 is 1.96 bits per heavy atom. The van der Waals surface area contributed by atoms with Crippen molar-refractivity contribution in [2.75, 3.05) is 4.81 Å². The molecule has 5 heteroatoms. The number of fused-ring (bicyclic) bond motifs is 20. The van der Waals surface area contributed by atoms with Crippen LogP contribution in [-0.2, 0) is 21.7 Å². The summed E-state index contributed by atoms with van der Waals surface area (Å²) in [7, 11) is 0. The lowest BCUT2D eigenvalue weighted by Crippen LogP contribution is -2.60. The minimum atomic E-state index is -0.159. The van der Waals surface area contributed by atoms with Gasteiger partial charge in [-0.1, -0.05) is 141 Å². The number of rotatable bonds is 1. The summed E-state index contributed by atoms with van der Waals surface area (Å²) in [6.07, 6.45) is 2.36. The first-order valence-electron chi connectivity index (χ1n) is 24.7. The number of benzene rings is 8. The zero-order chi connectivity index (χ0) is 46.1. The predicted molar refractivity (Wildman–Crippen MR) is 297 cm³/mol. The van der Waals surface area contributed by atoms with E-state index < -0.39 is 0 Å². The van der Waals surface area contributed by atoms with Crippen LogP contribution in [0.1, 0.15) is 103 Å². The molecule has 8 aromatic carbocycles. The van der Waals surface area contributed by atoms with Crippen molar-refractivity contribution in [3.8, 4) is 27.9 Å². The van der Waals surface area contributed by atoms with Crippen molar-refractivity contribution in [1.29, 1.82) is 0 Å². The summed E-state index contributed by atoms with van der Waals surface area (Å²) >= 11 is 3.94. The first-order chi connectivity index (χ1) is 32.6. The summed E-state index contributed by atoms with van der Waals surface area (Å²) in [5, 5.41) is 8.26. The molecule has 15 rings (SSSR count). The smallest absolute Gasteiger partial charge is 0.333 e. The van der Waals surface area contributed by atoms with Gasteiger partial charge in [-0.25, -0.2) is 0 Å². The van der Waals surface area contributed by atoms with Crippen LogP contribution in [0, 0.1) is 0 Å². The maximum absolute atomic E-state index is 2.77. The Morgan fingerprint density at radius 2 is 1.21 bits per heavy atom. The molecule has 0 saturated carbocycles. The first-order valence-corrected chi connectivity index (χ1v) is 26.4. The average Bonchev–Trinajstić information content (AvgIpc) is 4.05. The van der Waals surface area contributed by atoms with Gasteiger partial charge in [0, 0.05) is 79.2 Å². The second kappa shape index (κ2) is 12.7. The van der Waals surface area contributed by atoms with Crippen molar-refractivity contribution in [2.24, 2.45) is 0 Å². The van der Waals surface area contributed by atoms with E-state index in [4.69, 9.17) is 0 Å². The van der Waals surface area contributed by atoms with E-state index in [0.29, 0.717) is 0 Å². The number of hydrogen-bond donors (Lipinski definition) is 0. The van der Waals surface area contributed by atoms with Crippen LogP contribution in [0.2, 0.25) is 0 Å². The summed E-state index contributed by atoms with van der Waals surface area (Å²) < 4.78 is 8.23. The Morgan fingerprint density at radius 1 is 0.529 bits per heavy atom. The molecule has 0 spiro atoms. The molecule has 0 amide bonds. The summed E-state index contributed by atoms with van der Waals surface area (Å²) in [4.78, 5) is 2.77. The van der Waals surface area contributed by atoms with E-state index in [1.165, 1.54) is 153 Å². The van der Waals surface area contributed by atoms with Crippen LogP contribution in [0.5, 0.6) is 0 Å². The van der Waals surface area contributed by atoms with Crippen LogP contribution in [0.4, 0.5) is 11.4 Å². The van der Waals surface area contributed by atoms with Crippen LogP contribution in [0.25, 0.3) is 90.1 Å². The highest BCUT2D eigenvalue weighted by Crippen LogP contribution is 2.57. The van der Waals surface area contributed by atoms with Crippen LogP contribution in [-0.4, -0.2) is 11.4 Å². The zero-order valence-corrected chi connectivity index (χ0v) is 42.0. The monoisotopic (exact) mass is 912 g/mol. The van der Waals surface area contributed by atoms with Crippen LogP contribution >= 0.6 is 22.7 Å². The second-order valence-electron chi connectivity index (χ2n) is 23.5. The number of anilines is 2. The lowest BCUT2D eigenvalue weighted by Gasteiger charge is -2.43. The van der Waals surface area contributed by atoms with Gasteiger partial charge < -0.3 is 9.38 Å². The molecule has 11 aromatic rings. The molecule has 2 aliphatic heterocycles. The summed E-state index contributed by atoms with van der Waals surface area (Å²) in [5.41, 5.74) is 22.1. The Labute approximate surface area is 407 Å². The van der Waals surface area contributed by atoms with Crippen LogP contribution < -0.4 is 15.7 Å². The van der Waals surface area contributed by atoms with Gasteiger partial charge in [0.15, 0.2) is 0 Å². The van der Waals surface area contributed by atoms with Crippen LogP contribution in [0.3, 0.4) is 0 Å². The minimum Gasteiger partial charge on any atom is -0.376 e. The molecule has 0 atom stereocenters. The molecular weight excluding hydrogens is 860 g/mol. The van der Waals surface area contributed by atoms with Crippen molar-refractivity contribution < 1.29 is 0 Å². The lowest BCUT2D eigenvalue weighted by molar-refractivity contribution is 0.332. The fourth-order valence-electron chi connectivity index (χ4n) is 13.6. The molecule has 0 fully saturated rings. The molecule has 0 radical (unpaired) electrons. The third kappa shape index (κ3) is 4.89. The van der Waals surface area contributed by atoms with E-state index >= 15 is 0 Å². The molecule has 0 saturated heterocycles. The molecule has 5 heterocycles. The topological polar surface area (TPSA) is 8.17 Å². The van der Waals surface area contributed by atoms with Gasteiger partial charge in [0.05, 0.1) is 11.0 Å². The van der Waals surface area contributed by atoms with Crippen molar-refractivity contribution in [1.82, 2.24) is 4.57 Å². The number of hydrogen-bond acceptors (Lipinski definition) is 3. The van der Waals surface area contributed by atoms with Gasteiger partial charge in [0.25, 0.3) is 0 Å². The van der Waals surface area contributed by atoms with E-state index in [0.717, 1.165) is 0 Å². The van der Waals surface area contributed by atoms with Crippen molar-refractivity contribution in [3.63, 3.8) is 0 Å². The van der Waals surface area contributed by atoms with Crippen molar-refractivity contribution >= 4 is 114 Å². The van der Waals surface area contributed by atoms with Gasteiger partial charge >= 0.3 is 6.85 Å². The molecule has 0 bridgehead atoms. The van der Waals surface area contributed by atoms with E-state index in [9.17, 15) is 0 Å². The van der Waals surface area contributed by atoms with E-state index in [1.807, 2.05) is 22.7 Å². The lowest BCUT2D eigenvalue weighted by atomic mass is 9.43. The molecule has 68 heavy (non-hydrogen) atoms. The highest BCUT2D eigenvalue weighted by molar-refractivity contribution is 7.27. The summed E-state index contributed by atoms with van der Waals surface area (Å²) in [5.74, 6) is 0. The van der Waals surface area contributed by atoms with Crippen molar-refractivity contribution in [3.05, 3.63) is 161 Å². The Kier molecular flexibility index (Phi) is 7.46. The molecular formula is C63H53BN2S2. The van der Waals surface area contributed by atoms with E-state index in [-0.39, 0.29) is 28.5 Å². The van der Waals surface area contributed by atoms with Gasteiger partial charge in [0.2, 0.25) is 0 Å². The number of aromatic nitrogens is 1. The Balaban J connectivity index is 1.20. The number of thiophene rings is 2. The normalized spacial score (nSPS) is 17.1. The highest BCUT2D eigenvalue weighted by atomic mass is 32.1. The van der Waals surface area contributed by atoms with Gasteiger partial charge in [-0.05, 0) is 139 Å². The summed E-state index contributed by atoms with van der Waals surface area (Å²) in [6.45, 7) is 21.8. The predicted octanol–water partition coefficient (Wildman–Crippen LogP) is 16.7. The first kappa shape index (κ1) is 39.8. The minimum absolute atomic E-state index is 0.0340. The molecule has 2 nitrogen and oxygen atoms in total. The van der Waals surface area contributed by atoms with E-state index in [1.54, 1.807) is 0 Å². The average molecular weight is 913 g/mol. The maximum Gasteiger partial charge on any atom is 0.333 e. The van der Waals surface area contributed by atoms with E-state index in [2.05, 4.69) is 205 Å². The third-order valence-corrected chi connectivity index (χ3v) is 19.7. The molecule has 2 aliphatic carbocycles. The molecule has 4 aliphatic rings. The molecule has 330 valence electrons. The summed E-state index contributed by atoms with van der Waals surface area (Å²) in [6, 6.07) is 52.9. The Hall–Kier alpha value is -6.14. The maximum atomic E-state index is 2.77. The largest absolute Gasteiger partial charge is 0.376 e. The molecule has 3 aromatic heterocycles. The van der Waals surface area contributed by atoms with Crippen molar-refractivity contribution in [2.45, 2.75) is 96.8 Å². The van der Waals surface area contributed by atoms with Gasteiger partial charge in [-0.15, -0.1) is 22.7 Å². The number of nitrogens with zero attached hydrogens (tertiary/aromatic N) is 2. The fraction of sp³-hybridized carbons (Fsp3) is 0.238. The molecule has 0 N–H and O–H groups in total. The fourth-order valence-corrected chi connectivity index (χ4v) is 16.0.